The molecule has 0 fully saturated rings. The van der Waals surface area contributed by atoms with Crippen LogP contribution in [0.15, 0.2) is 91.3 Å². The molecular weight excluding hydrogens is 416 g/mol. The maximum absolute atomic E-state index is 11.6. The zero-order valence-corrected chi connectivity index (χ0v) is 18.0. The van der Waals surface area contributed by atoms with Gasteiger partial charge in [0.05, 0.1) is 12.7 Å². The summed E-state index contributed by atoms with van der Waals surface area (Å²) in [7, 11) is 1.37. The summed E-state index contributed by atoms with van der Waals surface area (Å²) in [4.78, 5) is 15.9. The molecule has 4 aromatic rings. The van der Waals surface area contributed by atoms with Gasteiger partial charge in [-0.2, -0.15) is 10.1 Å². The van der Waals surface area contributed by atoms with Crippen molar-refractivity contribution in [3.8, 4) is 5.75 Å². The van der Waals surface area contributed by atoms with Gasteiger partial charge in [0.1, 0.15) is 24.7 Å². The Kier molecular flexibility index (Phi) is 5.59. The first-order valence-electron chi connectivity index (χ1n) is 10.5. The molecule has 33 heavy (non-hydrogen) atoms. The van der Waals surface area contributed by atoms with Gasteiger partial charge in [-0.15, -0.1) is 0 Å². The SMILES string of the molecule is COC(=O)c1ccc(COc2ccc([C@@H]3C=C(c4ccccc4)Nc4ncnn43)cc2)cc1. The number of hydrogen-bond donors (Lipinski definition) is 1. The molecule has 0 unspecified atom stereocenters. The minimum absolute atomic E-state index is 0.0844. The highest BCUT2D eigenvalue weighted by atomic mass is 16.5. The van der Waals surface area contributed by atoms with Crippen LogP contribution in [0.4, 0.5) is 5.95 Å². The summed E-state index contributed by atoms with van der Waals surface area (Å²) in [5.41, 5.74) is 4.65. The molecule has 5 rings (SSSR count). The predicted octanol–water partition coefficient (Wildman–Crippen LogP) is 4.70. The van der Waals surface area contributed by atoms with Gasteiger partial charge in [-0.05, 0) is 47.0 Å². The number of ether oxygens (including phenoxy) is 2. The molecule has 3 aromatic carbocycles. The number of benzene rings is 3. The molecule has 164 valence electrons. The van der Waals surface area contributed by atoms with Gasteiger partial charge in [0.25, 0.3) is 0 Å². The van der Waals surface area contributed by atoms with Crippen molar-refractivity contribution in [3.05, 3.63) is 114 Å². The highest BCUT2D eigenvalue weighted by molar-refractivity contribution is 5.89. The summed E-state index contributed by atoms with van der Waals surface area (Å²) in [6, 6.07) is 25.2. The topological polar surface area (TPSA) is 78.3 Å². The van der Waals surface area contributed by atoms with E-state index >= 15 is 0 Å². The summed E-state index contributed by atoms with van der Waals surface area (Å²) in [6.45, 7) is 0.402. The van der Waals surface area contributed by atoms with Crippen LogP contribution in [0.3, 0.4) is 0 Å². The Morgan fingerprint density at radius 3 is 2.48 bits per heavy atom. The third-order valence-electron chi connectivity index (χ3n) is 5.49. The van der Waals surface area contributed by atoms with Gasteiger partial charge in [0.2, 0.25) is 5.95 Å². The molecule has 1 aliphatic rings. The van der Waals surface area contributed by atoms with Crippen LogP contribution in [0.25, 0.3) is 5.70 Å². The van der Waals surface area contributed by atoms with E-state index in [4.69, 9.17) is 9.47 Å². The number of rotatable bonds is 6. The third-order valence-corrected chi connectivity index (χ3v) is 5.49. The standard InChI is InChI=1S/C26H22N4O3/c1-32-25(31)21-9-7-18(8-10-21)16-33-22-13-11-20(12-14-22)24-15-23(19-5-3-2-4-6-19)29-26-27-17-28-30(24)26/h2-15,17,24H,16H2,1H3,(H,27,28,29)/t24-/m0/s1. The quantitative estimate of drug-likeness (QED) is 0.440. The van der Waals surface area contributed by atoms with Crippen LogP contribution in [0.5, 0.6) is 5.75 Å². The van der Waals surface area contributed by atoms with E-state index < -0.39 is 0 Å². The van der Waals surface area contributed by atoms with E-state index in [0.29, 0.717) is 18.1 Å². The second-order valence-corrected chi connectivity index (χ2v) is 7.59. The smallest absolute Gasteiger partial charge is 0.337 e. The van der Waals surface area contributed by atoms with E-state index in [1.165, 1.54) is 7.11 Å². The zero-order valence-electron chi connectivity index (χ0n) is 18.0. The van der Waals surface area contributed by atoms with Gasteiger partial charge in [-0.25, -0.2) is 9.48 Å². The van der Waals surface area contributed by atoms with Crippen LogP contribution >= 0.6 is 0 Å². The van der Waals surface area contributed by atoms with Crippen molar-refractivity contribution in [3.63, 3.8) is 0 Å². The first-order chi connectivity index (χ1) is 16.2. The zero-order chi connectivity index (χ0) is 22.6. The Hall–Kier alpha value is -4.39. The average Bonchev–Trinajstić information content (AvgIpc) is 3.36. The molecule has 2 heterocycles. The molecule has 7 nitrogen and oxygen atoms in total. The number of nitrogens with one attached hydrogen (secondary N) is 1. The molecule has 0 bridgehead atoms. The Bertz CT molecular complexity index is 1280. The van der Waals surface area contributed by atoms with E-state index in [0.717, 1.165) is 28.1 Å². The van der Waals surface area contributed by atoms with Gasteiger partial charge in [0, 0.05) is 5.70 Å². The molecule has 1 aromatic heterocycles. The summed E-state index contributed by atoms with van der Waals surface area (Å²) < 4.78 is 12.5. The number of aromatic nitrogens is 3. The monoisotopic (exact) mass is 438 g/mol. The number of carbonyl (C=O) groups is 1. The molecule has 0 saturated carbocycles. The fourth-order valence-corrected chi connectivity index (χ4v) is 3.74. The third kappa shape index (κ3) is 4.34. The number of allylic oxidation sites excluding steroid dienone is 1. The summed E-state index contributed by atoms with van der Waals surface area (Å²) >= 11 is 0. The van der Waals surface area contributed by atoms with E-state index in [1.807, 2.05) is 59.3 Å². The fraction of sp³-hybridized carbons (Fsp3) is 0.115. The minimum Gasteiger partial charge on any atom is -0.489 e. The summed E-state index contributed by atoms with van der Waals surface area (Å²) in [5, 5.41) is 7.76. The normalized spacial score (nSPS) is 14.6. The van der Waals surface area contributed by atoms with Crippen molar-refractivity contribution in [2.24, 2.45) is 0 Å². The number of methoxy groups -OCH3 is 1. The van der Waals surface area contributed by atoms with Crippen LogP contribution in [0, 0.1) is 0 Å². The van der Waals surface area contributed by atoms with Gasteiger partial charge in [0.15, 0.2) is 0 Å². The summed E-state index contributed by atoms with van der Waals surface area (Å²) in [6.07, 6.45) is 3.70. The number of nitrogens with zero attached hydrogens (tertiary/aromatic N) is 3. The largest absolute Gasteiger partial charge is 0.489 e. The second-order valence-electron chi connectivity index (χ2n) is 7.59. The first kappa shape index (κ1) is 20.5. The molecule has 0 aliphatic carbocycles. The number of carbonyl (C=O) groups excluding carboxylic acids is 1. The Balaban J connectivity index is 1.32. The highest BCUT2D eigenvalue weighted by Gasteiger charge is 2.23. The van der Waals surface area contributed by atoms with Gasteiger partial charge in [-0.1, -0.05) is 54.6 Å². The van der Waals surface area contributed by atoms with Gasteiger partial charge in [-0.3, -0.25) is 0 Å². The number of anilines is 1. The van der Waals surface area contributed by atoms with Crippen LogP contribution in [-0.4, -0.2) is 27.8 Å². The average molecular weight is 438 g/mol. The lowest BCUT2D eigenvalue weighted by molar-refractivity contribution is 0.0600. The molecular formula is C26H22N4O3. The molecule has 0 saturated heterocycles. The molecule has 7 heteroatoms. The Morgan fingerprint density at radius 1 is 1.00 bits per heavy atom. The predicted molar refractivity (Wildman–Crippen MR) is 125 cm³/mol. The molecule has 1 atom stereocenters. The van der Waals surface area contributed by atoms with E-state index in [2.05, 4.69) is 33.6 Å². The highest BCUT2D eigenvalue weighted by Crippen LogP contribution is 2.32. The molecule has 0 amide bonds. The van der Waals surface area contributed by atoms with E-state index in [-0.39, 0.29) is 12.0 Å². The van der Waals surface area contributed by atoms with E-state index in [1.54, 1.807) is 18.5 Å². The van der Waals surface area contributed by atoms with Crippen LogP contribution in [0.2, 0.25) is 0 Å². The van der Waals surface area contributed by atoms with Crippen LogP contribution in [0.1, 0.15) is 33.1 Å². The minimum atomic E-state index is -0.351. The lowest BCUT2D eigenvalue weighted by Gasteiger charge is -2.24. The molecule has 0 spiro atoms. The van der Waals surface area contributed by atoms with Crippen LogP contribution in [-0.2, 0) is 11.3 Å². The van der Waals surface area contributed by atoms with E-state index in [9.17, 15) is 4.79 Å². The fourth-order valence-electron chi connectivity index (χ4n) is 3.74. The molecule has 1 aliphatic heterocycles. The number of esters is 1. The lowest BCUT2D eigenvalue weighted by atomic mass is 10.0. The molecule has 0 radical (unpaired) electrons. The van der Waals surface area contributed by atoms with Crippen LogP contribution < -0.4 is 10.1 Å². The van der Waals surface area contributed by atoms with Crippen molar-refractivity contribution in [1.29, 1.82) is 0 Å². The number of fused-ring (bicyclic) bond motifs is 1. The van der Waals surface area contributed by atoms with Crippen molar-refractivity contribution in [1.82, 2.24) is 14.8 Å². The van der Waals surface area contributed by atoms with Crippen molar-refractivity contribution in [2.45, 2.75) is 12.6 Å². The maximum Gasteiger partial charge on any atom is 0.337 e. The van der Waals surface area contributed by atoms with Crippen molar-refractivity contribution < 1.29 is 14.3 Å². The number of hydrogen-bond acceptors (Lipinski definition) is 6. The Labute approximate surface area is 191 Å². The maximum atomic E-state index is 11.6. The Morgan fingerprint density at radius 2 is 1.76 bits per heavy atom. The van der Waals surface area contributed by atoms with Crippen molar-refractivity contribution in [2.75, 3.05) is 12.4 Å². The van der Waals surface area contributed by atoms with Gasteiger partial charge >= 0.3 is 5.97 Å². The first-order valence-corrected chi connectivity index (χ1v) is 10.5. The van der Waals surface area contributed by atoms with Gasteiger partial charge < -0.3 is 14.8 Å². The second kappa shape index (κ2) is 9.00. The lowest BCUT2D eigenvalue weighted by Crippen LogP contribution is -2.20. The molecule has 1 N–H and O–H groups in total. The summed E-state index contributed by atoms with van der Waals surface area (Å²) in [5.74, 6) is 1.11. The van der Waals surface area contributed by atoms with Crippen molar-refractivity contribution >= 4 is 17.6 Å².